The number of ether oxygens (including phenoxy) is 3. The molecule has 6 heteroatoms. The van der Waals surface area contributed by atoms with Gasteiger partial charge in [-0.25, -0.2) is 0 Å². The van der Waals surface area contributed by atoms with E-state index in [1.165, 1.54) is 7.11 Å². The Labute approximate surface area is 146 Å². The molecule has 0 aliphatic rings. The van der Waals surface area contributed by atoms with E-state index in [4.69, 9.17) is 9.47 Å². The van der Waals surface area contributed by atoms with Crippen LogP contribution in [0.5, 0.6) is 17.2 Å². The minimum Gasteiger partial charge on any atom is -0.494 e. The highest BCUT2D eigenvalue weighted by atomic mass is 19.3. The van der Waals surface area contributed by atoms with Crippen molar-refractivity contribution < 1.29 is 23.0 Å². The van der Waals surface area contributed by atoms with E-state index in [0.29, 0.717) is 19.7 Å². The average molecular weight is 351 g/mol. The summed E-state index contributed by atoms with van der Waals surface area (Å²) >= 11 is 0. The molecule has 0 fully saturated rings. The summed E-state index contributed by atoms with van der Waals surface area (Å²) in [6, 6.07) is 12.9. The maximum absolute atomic E-state index is 12.5. The second-order valence-electron chi connectivity index (χ2n) is 5.58. The van der Waals surface area contributed by atoms with Crippen LogP contribution in [0.1, 0.15) is 18.1 Å². The monoisotopic (exact) mass is 351 g/mol. The second-order valence-corrected chi connectivity index (χ2v) is 5.58. The Morgan fingerprint density at radius 1 is 1.00 bits per heavy atom. The minimum absolute atomic E-state index is 0.0399. The van der Waals surface area contributed by atoms with Crippen LogP contribution in [0.4, 0.5) is 8.78 Å². The highest BCUT2D eigenvalue weighted by molar-refractivity contribution is 5.43. The van der Waals surface area contributed by atoms with Gasteiger partial charge in [-0.3, -0.25) is 4.90 Å². The Morgan fingerprint density at radius 2 is 1.76 bits per heavy atom. The van der Waals surface area contributed by atoms with Crippen molar-refractivity contribution in [1.82, 2.24) is 4.90 Å². The smallest absolute Gasteiger partial charge is 0.387 e. The van der Waals surface area contributed by atoms with E-state index < -0.39 is 6.61 Å². The molecular weight excluding hydrogens is 328 g/mol. The highest BCUT2D eigenvalue weighted by Crippen LogP contribution is 2.30. The third kappa shape index (κ3) is 5.60. The molecule has 0 saturated carbocycles. The lowest BCUT2D eigenvalue weighted by molar-refractivity contribution is -0.0512. The SMILES string of the molecule is CCOc1ccccc1CN(C)Cc1ccc(OC)c(OC(F)F)c1. The van der Waals surface area contributed by atoms with Crippen LogP contribution < -0.4 is 14.2 Å². The third-order valence-electron chi connectivity index (χ3n) is 3.61. The Hall–Kier alpha value is -2.34. The quantitative estimate of drug-likeness (QED) is 0.673. The van der Waals surface area contributed by atoms with E-state index in [-0.39, 0.29) is 11.5 Å². The van der Waals surface area contributed by atoms with Gasteiger partial charge in [-0.2, -0.15) is 8.78 Å². The molecular formula is C19H23F2NO3. The largest absolute Gasteiger partial charge is 0.494 e. The Kier molecular flexibility index (Phi) is 7.01. The van der Waals surface area contributed by atoms with Crippen molar-refractivity contribution in [2.45, 2.75) is 26.6 Å². The van der Waals surface area contributed by atoms with Crippen molar-refractivity contribution in [3.05, 3.63) is 53.6 Å². The summed E-state index contributed by atoms with van der Waals surface area (Å²) in [6.07, 6.45) is 0. The Bertz CT molecular complexity index is 679. The molecule has 0 saturated heterocycles. The molecule has 2 aromatic rings. The fourth-order valence-electron chi connectivity index (χ4n) is 2.60. The molecule has 0 amide bonds. The molecule has 0 heterocycles. The van der Waals surface area contributed by atoms with Gasteiger partial charge >= 0.3 is 6.61 Å². The summed E-state index contributed by atoms with van der Waals surface area (Å²) in [5, 5.41) is 0. The molecule has 25 heavy (non-hydrogen) atoms. The number of hydrogen-bond donors (Lipinski definition) is 0. The topological polar surface area (TPSA) is 30.9 Å². The van der Waals surface area contributed by atoms with Crippen LogP contribution >= 0.6 is 0 Å². The van der Waals surface area contributed by atoms with Crippen molar-refractivity contribution >= 4 is 0 Å². The van der Waals surface area contributed by atoms with Crippen LogP contribution in [0.3, 0.4) is 0 Å². The molecule has 2 aromatic carbocycles. The van der Waals surface area contributed by atoms with Gasteiger partial charge in [0, 0.05) is 18.7 Å². The van der Waals surface area contributed by atoms with E-state index in [1.807, 2.05) is 44.3 Å². The van der Waals surface area contributed by atoms with Crippen LogP contribution in [-0.2, 0) is 13.1 Å². The number of para-hydroxylation sites is 1. The third-order valence-corrected chi connectivity index (χ3v) is 3.61. The molecule has 0 aliphatic carbocycles. The zero-order chi connectivity index (χ0) is 18.2. The van der Waals surface area contributed by atoms with Gasteiger partial charge < -0.3 is 14.2 Å². The van der Waals surface area contributed by atoms with Crippen LogP contribution in [0, 0.1) is 0 Å². The predicted octanol–water partition coefficient (Wildman–Crippen LogP) is 4.33. The van der Waals surface area contributed by atoms with Gasteiger partial charge in [0.05, 0.1) is 13.7 Å². The molecule has 4 nitrogen and oxygen atoms in total. The normalized spacial score (nSPS) is 11.0. The molecule has 0 bridgehead atoms. The lowest BCUT2D eigenvalue weighted by Crippen LogP contribution is -2.18. The van der Waals surface area contributed by atoms with Crippen LogP contribution in [0.25, 0.3) is 0 Å². The van der Waals surface area contributed by atoms with Crippen molar-refractivity contribution in [2.75, 3.05) is 20.8 Å². The summed E-state index contributed by atoms with van der Waals surface area (Å²) < 4.78 is 40.3. The van der Waals surface area contributed by atoms with Gasteiger partial charge in [0.1, 0.15) is 5.75 Å². The van der Waals surface area contributed by atoms with Crippen LogP contribution in [0.2, 0.25) is 0 Å². The fourth-order valence-corrected chi connectivity index (χ4v) is 2.60. The van der Waals surface area contributed by atoms with Crippen molar-refractivity contribution in [3.63, 3.8) is 0 Å². The van der Waals surface area contributed by atoms with E-state index in [9.17, 15) is 8.78 Å². The van der Waals surface area contributed by atoms with Crippen molar-refractivity contribution in [3.8, 4) is 17.2 Å². The fraction of sp³-hybridized carbons (Fsp3) is 0.368. The number of alkyl halides is 2. The minimum atomic E-state index is -2.89. The van der Waals surface area contributed by atoms with Gasteiger partial charge in [0.15, 0.2) is 11.5 Å². The molecule has 0 spiro atoms. The molecule has 2 rings (SSSR count). The molecule has 0 atom stereocenters. The molecule has 0 unspecified atom stereocenters. The Balaban J connectivity index is 2.09. The first-order valence-corrected chi connectivity index (χ1v) is 8.04. The lowest BCUT2D eigenvalue weighted by atomic mass is 10.1. The van der Waals surface area contributed by atoms with Crippen molar-refractivity contribution in [2.24, 2.45) is 0 Å². The molecule has 0 radical (unpaired) electrons. The number of halogens is 2. The maximum Gasteiger partial charge on any atom is 0.387 e. The lowest BCUT2D eigenvalue weighted by Gasteiger charge is -2.20. The number of benzene rings is 2. The summed E-state index contributed by atoms with van der Waals surface area (Å²) in [6.45, 7) is 0.910. The first-order valence-electron chi connectivity index (χ1n) is 8.04. The number of methoxy groups -OCH3 is 1. The van der Waals surface area contributed by atoms with Gasteiger partial charge in [0.25, 0.3) is 0 Å². The first kappa shape index (κ1) is 19.0. The summed E-state index contributed by atoms with van der Waals surface area (Å²) in [5.74, 6) is 1.18. The standard InChI is InChI=1S/C19H23F2NO3/c1-4-24-16-8-6-5-7-15(16)13-22(2)12-14-9-10-17(23-3)18(11-14)25-19(20)21/h5-11,19H,4,12-13H2,1-3H3. The highest BCUT2D eigenvalue weighted by Gasteiger charge is 2.13. The molecule has 136 valence electrons. The zero-order valence-corrected chi connectivity index (χ0v) is 14.7. The van der Waals surface area contributed by atoms with Gasteiger partial charge in [0.2, 0.25) is 0 Å². The van der Waals surface area contributed by atoms with Crippen molar-refractivity contribution in [1.29, 1.82) is 0 Å². The summed E-state index contributed by atoms with van der Waals surface area (Å²) in [5.41, 5.74) is 1.93. The second kappa shape index (κ2) is 9.22. The summed E-state index contributed by atoms with van der Waals surface area (Å²) in [7, 11) is 3.38. The van der Waals surface area contributed by atoms with Gasteiger partial charge in [-0.1, -0.05) is 24.3 Å². The van der Waals surface area contributed by atoms with Crippen LogP contribution in [0.15, 0.2) is 42.5 Å². The molecule has 0 aliphatic heterocycles. The number of rotatable bonds is 9. The average Bonchev–Trinajstić information content (AvgIpc) is 2.56. The zero-order valence-electron chi connectivity index (χ0n) is 14.7. The number of nitrogens with zero attached hydrogens (tertiary/aromatic N) is 1. The number of hydrogen-bond acceptors (Lipinski definition) is 4. The van der Waals surface area contributed by atoms with E-state index in [0.717, 1.165) is 16.9 Å². The molecule has 0 N–H and O–H groups in total. The summed E-state index contributed by atoms with van der Waals surface area (Å²) in [4.78, 5) is 2.08. The van der Waals surface area contributed by atoms with E-state index in [1.54, 1.807) is 12.1 Å². The van der Waals surface area contributed by atoms with E-state index >= 15 is 0 Å². The maximum atomic E-state index is 12.5. The molecule has 0 aromatic heterocycles. The van der Waals surface area contributed by atoms with Gasteiger partial charge in [-0.15, -0.1) is 0 Å². The Morgan fingerprint density at radius 3 is 2.44 bits per heavy atom. The van der Waals surface area contributed by atoms with Gasteiger partial charge in [-0.05, 0) is 37.7 Å². The first-order chi connectivity index (χ1) is 12.0. The van der Waals surface area contributed by atoms with E-state index in [2.05, 4.69) is 9.64 Å². The predicted molar refractivity (Wildman–Crippen MR) is 92.4 cm³/mol. The van der Waals surface area contributed by atoms with Crippen LogP contribution in [-0.4, -0.2) is 32.3 Å².